The molecule has 1 aliphatic heterocycles. The largest absolute Gasteiger partial charge is 0.344 e. The number of nitriles is 1. The van der Waals surface area contributed by atoms with E-state index in [2.05, 4.69) is 11.4 Å². The van der Waals surface area contributed by atoms with Gasteiger partial charge in [0.1, 0.15) is 11.6 Å². The molecule has 1 fully saturated rings. The average Bonchev–Trinajstić information content (AvgIpc) is 3.59. The van der Waals surface area contributed by atoms with Crippen molar-refractivity contribution in [3.8, 4) is 6.07 Å². The number of para-hydroxylation sites is 1. The number of rotatable bonds is 6. The van der Waals surface area contributed by atoms with Crippen LogP contribution in [0, 0.1) is 23.1 Å². The number of allylic oxidation sites excluding steroid dienone is 1. The molecule has 2 atom stereocenters. The van der Waals surface area contributed by atoms with Crippen molar-refractivity contribution in [1.82, 2.24) is 5.32 Å². The Morgan fingerprint density at radius 2 is 1.89 bits per heavy atom. The SMILES string of the molecule is N#CCC1=C(C(=O)N[C@H](c2cccc(F)c2)C2CC2=O)c2cccc(Cl)c2CN1c1ccccc1. The molecule has 3 aromatic carbocycles. The Kier molecular flexibility index (Phi) is 6.10. The number of amides is 1. The minimum Gasteiger partial charge on any atom is -0.344 e. The average molecular weight is 486 g/mol. The van der Waals surface area contributed by atoms with Crippen LogP contribution in [0.15, 0.2) is 78.5 Å². The van der Waals surface area contributed by atoms with Gasteiger partial charge in [0, 0.05) is 35.3 Å². The second-order valence-corrected chi connectivity index (χ2v) is 9.03. The molecule has 0 bridgehead atoms. The highest BCUT2D eigenvalue weighted by Crippen LogP contribution is 2.41. The van der Waals surface area contributed by atoms with Gasteiger partial charge in [-0.3, -0.25) is 9.59 Å². The molecule has 0 spiro atoms. The zero-order valence-electron chi connectivity index (χ0n) is 18.7. The third kappa shape index (κ3) is 4.43. The maximum atomic E-state index is 14.0. The van der Waals surface area contributed by atoms with Crippen LogP contribution in [0.3, 0.4) is 0 Å². The molecular weight excluding hydrogens is 465 g/mol. The van der Waals surface area contributed by atoms with E-state index in [0.29, 0.717) is 40.4 Å². The summed E-state index contributed by atoms with van der Waals surface area (Å²) in [4.78, 5) is 27.9. The van der Waals surface area contributed by atoms with Crippen LogP contribution in [0.1, 0.15) is 35.6 Å². The second kappa shape index (κ2) is 9.36. The Morgan fingerprint density at radius 1 is 1.14 bits per heavy atom. The van der Waals surface area contributed by atoms with Crippen LogP contribution in [0.5, 0.6) is 0 Å². The van der Waals surface area contributed by atoms with Gasteiger partial charge in [0.2, 0.25) is 0 Å². The molecule has 174 valence electrons. The van der Waals surface area contributed by atoms with Crippen molar-refractivity contribution in [1.29, 1.82) is 5.26 Å². The highest BCUT2D eigenvalue weighted by Gasteiger charge is 2.44. The highest BCUT2D eigenvalue weighted by molar-refractivity contribution is 6.32. The van der Waals surface area contributed by atoms with Gasteiger partial charge in [-0.1, -0.05) is 54.1 Å². The van der Waals surface area contributed by atoms with Gasteiger partial charge in [0.05, 0.1) is 24.1 Å². The number of hydrogen-bond acceptors (Lipinski definition) is 4. The predicted octanol–water partition coefficient (Wildman–Crippen LogP) is 5.57. The van der Waals surface area contributed by atoms with Gasteiger partial charge in [-0.2, -0.15) is 5.26 Å². The normalized spacial score (nSPS) is 17.5. The molecule has 3 aromatic rings. The lowest BCUT2D eigenvalue weighted by atomic mass is 9.90. The third-order valence-electron chi connectivity index (χ3n) is 6.43. The van der Waals surface area contributed by atoms with Gasteiger partial charge in [-0.15, -0.1) is 0 Å². The van der Waals surface area contributed by atoms with Crippen LogP contribution in [-0.4, -0.2) is 11.7 Å². The number of carbonyl (C=O) groups is 2. The lowest BCUT2D eigenvalue weighted by Crippen LogP contribution is -2.36. The van der Waals surface area contributed by atoms with E-state index in [4.69, 9.17) is 11.6 Å². The molecule has 0 saturated heterocycles. The molecule has 5 rings (SSSR count). The van der Waals surface area contributed by atoms with Crippen molar-refractivity contribution >= 4 is 34.6 Å². The van der Waals surface area contributed by atoms with E-state index in [0.717, 1.165) is 11.3 Å². The van der Waals surface area contributed by atoms with Gasteiger partial charge < -0.3 is 10.2 Å². The first-order valence-electron chi connectivity index (χ1n) is 11.3. The Labute approximate surface area is 207 Å². The molecule has 5 nitrogen and oxygen atoms in total. The van der Waals surface area contributed by atoms with Crippen molar-refractivity contribution in [3.63, 3.8) is 0 Å². The fourth-order valence-electron chi connectivity index (χ4n) is 4.66. The lowest BCUT2D eigenvalue weighted by molar-refractivity contribution is -0.116. The molecule has 1 saturated carbocycles. The van der Waals surface area contributed by atoms with Crippen LogP contribution in [0.4, 0.5) is 10.1 Å². The first kappa shape index (κ1) is 22.8. The molecule has 1 aliphatic carbocycles. The Balaban J connectivity index is 1.62. The maximum Gasteiger partial charge on any atom is 0.254 e. The predicted molar refractivity (Wildman–Crippen MR) is 132 cm³/mol. The van der Waals surface area contributed by atoms with Crippen molar-refractivity contribution in [3.05, 3.63) is 106 Å². The van der Waals surface area contributed by atoms with E-state index >= 15 is 0 Å². The van der Waals surface area contributed by atoms with Gasteiger partial charge >= 0.3 is 0 Å². The van der Waals surface area contributed by atoms with Gasteiger partial charge in [0.15, 0.2) is 0 Å². The number of nitrogens with one attached hydrogen (secondary N) is 1. The number of ketones is 1. The van der Waals surface area contributed by atoms with Gasteiger partial charge in [-0.05, 0) is 47.0 Å². The monoisotopic (exact) mass is 485 g/mol. The number of carbonyl (C=O) groups excluding carboxylic acids is 2. The summed E-state index contributed by atoms with van der Waals surface area (Å²) in [5, 5.41) is 13.2. The Morgan fingerprint density at radius 3 is 2.57 bits per heavy atom. The fourth-order valence-corrected chi connectivity index (χ4v) is 4.89. The van der Waals surface area contributed by atoms with E-state index in [9.17, 15) is 19.2 Å². The number of fused-ring (bicyclic) bond motifs is 1. The third-order valence-corrected chi connectivity index (χ3v) is 6.79. The summed E-state index contributed by atoms with van der Waals surface area (Å²) >= 11 is 6.56. The van der Waals surface area contributed by atoms with E-state index in [-0.39, 0.29) is 12.2 Å². The molecule has 2 aliphatic rings. The Bertz CT molecular complexity index is 1400. The van der Waals surface area contributed by atoms with Crippen molar-refractivity contribution < 1.29 is 14.0 Å². The summed E-state index contributed by atoms with van der Waals surface area (Å²) in [6, 6.07) is 22.3. The van der Waals surface area contributed by atoms with Crippen LogP contribution < -0.4 is 10.2 Å². The second-order valence-electron chi connectivity index (χ2n) is 8.63. The Hall–Kier alpha value is -3.95. The maximum absolute atomic E-state index is 14.0. The number of hydrogen-bond donors (Lipinski definition) is 1. The number of Topliss-reactive ketones (excluding diaryl/α,β-unsaturated/α-hetero) is 1. The molecule has 1 amide bonds. The zero-order valence-corrected chi connectivity index (χ0v) is 19.4. The van der Waals surface area contributed by atoms with Crippen LogP contribution in [0.2, 0.25) is 5.02 Å². The lowest BCUT2D eigenvalue weighted by Gasteiger charge is -2.35. The first-order valence-corrected chi connectivity index (χ1v) is 11.6. The summed E-state index contributed by atoms with van der Waals surface area (Å²) in [5.74, 6) is -1.27. The molecule has 1 heterocycles. The van der Waals surface area contributed by atoms with Crippen LogP contribution in [0.25, 0.3) is 5.57 Å². The molecule has 0 radical (unpaired) electrons. The van der Waals surface area contributed by atoms with Gasteiger partial charge in [-0.25, -0.2) is 4.39 Å². The highest BCUT2D eigenvalue weighted by atomic mass is 35.5. The van der Waals surface area contributed by atoms with Crippen molar-refractivity contribution in [2.24, 2.45) is 5.92 Å². The summed E-state index contributed by atoms with van der Waals surface area (Å²) in [6.45, 7) is 0.404. The van der Waals surface area contributed by atoms with E-state index in [1.807, 2.05) is 41.3 Å². The zero-order chi connectivity index (χ0) is 24.5. The number of anilines is 1. The summed E-state index contributed by atoms with van der Waals surface area (Å²) in [7, 11) is 0. The molecule has 35 heavy (non-hydrogen) atoms. The molecule has 0 aromatic heterocycles. The van der Waals surface area contributed by atoms with Crippen molar-refractivity contribution in [2.75, 3.05) is 4.90 Å². The summed E-state index contributed by atoms with van der Waals surface area (Å²) < 4.78 is 14.0. The van der Waals surface area contributed by atoms with E-state index in [1.54, 1.807) is 24.3 Å². The van der Waals surface area contributed by atoms with E-state index < -0.39 is 23.7 Å². The number of benzene rings is 3. The minimum absolute atomic E-state index is 0.00338. The number of nitrogens with zero attached hydrogens (tertiary/aromatic N) is 2. The molecule has 1 unspecified atom stereocenters. The molecule has 1 N–H and O–H groups in total. The first-order chi connectivity index (χ1) is 17.0. The smallest absolute Gasteiger partial charge is 0.254 e. The van der Waals surface area contributed by atoms with Crippen molar-refractivity contribution in [2.45, 2.75) is 25.4 Å². The topological polar surface area (TPSA) is 73.2 Å². The van der Waals surface area contributed by atoms with Crippen LogP contribution >= 0.6 is 11.6 Å². The van der Waals surface area contributed by atoms with Crippen LogP contribution in [-0.2, 0) is 16.1 Å². The van der Waals surface area contributed by atoms with E-state index in [1.165, 1.54) is 12.1 Å². The fraction of sp³-hybridized carbons (Fsp3) is 0.179. The van der Waals surface area contributed by atoms with Gasteiger partial charge in [0.25, 0.3) is 5.91 Å². The molecule has 7 heteroatoms. The summed E-state index contributed by atoms with van der Waals surface area (Å²) in [6.07, 6.45) is 0.320. The minimum atomic E-state index is -0.670. The molecular formula is C28H21ClFN3O2. The number of halogens is 2. The standard InChI is InChI=1S/C28H21ClFN3O2/c29-23-11-5-10-20-22(23)16-33(19-8-2-1-3-9-19)24(12-13-31)26(20)28(35)32-27(21-15-25(21)34)17-6-4-7-18(30)14-17/h1-11,14,21,27H,12,15-16H2,(H,32,35)/t21?,27-/m1/s1. The quantitative estimate of drug-likeness (QED) is 0.495. The summed E-state index contributed by atoms with van der Waals surface area (Å²) in [5.41, 5.74) is 3.65.